The van der Waals surface area contributed by atoms with Gasteiger partial charge in [0.1, 0.15) is 18.3 Å². The molecule has 0 radical (unpaired) electrons. The molecule has 0 rings (SSSR count). The van der Waals surface area contributed by atoms with Crippen LogP contribution in [-0.2, 0) is 9.59 Å². The van der Waals surface area contributed by atoms with Crippen molar-refractivity contribution in [2.75, 3.05) is 0 Å². The van der Waals surface area contributed by atoms with Crippen molar-refractivity contribution >= 4 is 12.1 Å². The molecule has 0 fully saturated rings. The van der Waals surface area contributed by atoms with E-state index in [1.165, 1.54) is 0 Å². The van der Waals surface area contributed by atoms with Crippen molar-refractivity contribution < 1.29 is 24.9 Å². The normalized spacial score (nSPS) is 18.5. The second-order valence-electron chi connectivity index (χ2n) is 2.15. The van der Waals surface area contributed by atoms with Crippen LogP contribution in [0.1, 0.15) is 6.92 Å². The Labute approximate surface area is 63.3 Å². The lowest BCUT2D eigenvalue weighted by atomic mass is 10.1. The Morgan fingerprint density at radius 1 is 1.36 bits per heavy atom. The lowest BCUT2D eigenvalue weighted by molar-refractivity contribution is -0.143. The molecule has 0 aromatic rings. The predicted octanol–water partition coefficient (Wildman–Crippen LogP) is -2.14. The third kappa shape index (κ3) is 2.75. The summed E-state index contributed by atoms with van der Waals surface area (Å²) in [6.07, 6.45) is -4.92. The number of aliphatic hydroxyl groups excluding tert-OH is 3. The van der Waals surface area contributed by atoms with Crippen molar-refractivity contribution in [3.63, 3.8) is 0 Å². The summed E-state index contributed by atoms with van der Waals surface area (Å²) < 4.78 is 0. The molecule has 0 aliphatic carbocycles. The summed E-state index contributed by atoms with van der Waals surface area (Å²) in [5.74, 6) is -0.968. The monoisotopic (exact) mass is 162 g/mol. The molecule has 0 aromatic carbocycles. The summed E-state index contributed by atoms with van der Waals surface area (Å²) in [6, 6.07) is 0. The van der Waals surface area contributed by atoms with Crippen molar-refractivity contribution in [3.8, 4) is 0 Å². The molecular weight excluding hydrogens is 152 g/mol. The molecule has 0 heterocycles. The van der Waals surface area contributed by atoms with E-state index in [2.05, 4.69) is 0 Å². The van der Waals surface area contributed by atoms with Crippen LogP contribution >= 0.6 is 0 Å². The predicted molar refractivity (Wildman–Crippen MR) is 34.8 cm³/mol. The quantitative estimate of drug-likeness (QED) is 0.410. The number of ketones is 1. The maximum absolute atomic E-state index is 10.6. The van der Waals surface area contributed by atoms with Gasteiger partial charge in [0.15, 0.2) is 12.1 Å². The largest absolute Gasteiger partial charge is 0.386 e. The lowest BCUT2D eigenvalue weighted by Gasteiger charge is -2.12. The highest BCUT2D eigenvalue weighted by Gasteiger charge is 2.26. The van der Waals surface area contributed by atoms with Crippen LogP contribution in [0.15, 0.2) is 0 Å². The molecule has 0 bridgehead atoms. The molecule has 0 amide bonds. The average molecular weight is 162 g/mol. The third-order valence-electron chi connectivity index (χ3n) is 1.17. The summed E-state index contributed by atoms with van der Waals surface area (Å²) in [6.45, 7) is 1.14. The van der Waals surface area contributed by atoms with E-state index in [0.717, 1.165) is 6.92 Å². The van der Waals surface area contributed by atoms with Gasteiger partial charge < -0.3 is 20.1 Å². The maximum atomic E-state index is 10.6. The summed E-state index contributed by atoms with van der Waals surface area (Å²) in [7, 11) is 0. The van der Waals surface area contributed by atoms with Crippen LogP contribution < -0.4 is 0 Å². The SMILES string of the molecule is C[C@H](O)C(=O)[C@@H](O)[C@@H](O)C=O. The molecule has 5 heteroatoms. The zero-order chi connectivity index (χ0) is 9.02. The van der Waals surface area contributed by atoms with Crippen molar-refractivity contribution in [1.82, 2.24) is 0 Å². The van der Waals surface area contributed by atoms with E-state index in [1.54, 1.807) is 0 Å². The number of carbonyl (C=O) groups is 2. The van der Waals surface area contributed by atoms with Gasteiger partial charge >= 0.3 is 0 Å². The van der Waals surface area contributed by atoms with Crippen molar-refractivity contribution in [1.29, 1.82) is 0 Å². The van der Waals surface area contributed by atoms with Gasteiger partial charge in [0.25, 0.3) is 0 Å². The van der Waals surface area contributed by atoms with Crippen molar-refractivity contribution in [2.45, 2.75) is 25.2 Å². The molecule has 0 unspecified atom stereocenters. The first-order valence-electron chi connectivity index (χ1n) is 3.04. The van der Waals surface area contributed by atoms with E-state index < -0.39 is 24.1 Å². The van der Waals surface area contributed by atoms with E-state index in [1.807, 2.05) is 0 Å². The van der Waals surface area contributed by atoms with Crippen LogP contribution in [0, 0.1) is 0 Å². The molecule has 5 nitrogen and oxygen atoms in total. The minimum Gasteiger partial charge on any atom is -0.386 e. The molecule has 3 atom stereocenters. The zero-order valence-electron chi connectivity index (χ0n) is 5.97. The molecule has 11 heavy (non-hydrogen) atoms. The lowest BCUT2D eigenvalue weighted by Crippen LogP contribution is -2.40. The fourth-order valence-electron chi connectivity index (χ4n) is 0.490. The van der Waals surface area contributed by atoms with Gasteiger partial charge in [-0.25, -0.2) is 0 Å². The van der Waals surface area contributed by atoms with E-state index >= 15 is 0 Å². The van der Waals surface area contributed by atoms with Crippen LogP contribution in [0.4, 0.5) is 0 Å². The smallest absolute Gasteiger partial charge is 0.192 e. The average Bonchev–Trinajstić information content (AvgIpc) is 2.00. The minimum absolute atomic E-state index is 0.0327. The van der Waals surface area contributed by atoms with Crippen LogP contribution in [-0.4, -0.2) is 45.7 Å². The van der Waals surface area contributed by atoms with Gasteiger partial charge in [0, 0.05) is 0 Å². The second-order valence-corrected chi connectivity index (χ2v) is 2.15. The Morgan fingerprint density at radius 3 is 2.09 bits per heavy atom. The van der Waals surface area contributed by atoms with Gasteiger partial charge in [0.05, 0.1) is 0 Å². The first-order valence-corrected chi connectivity index (χ1v) is 3.04. The number of aldehydes is 1. The summed E-state index contributed by atoms with van der Waals surface area (Å²) in [4.78, 5) is 20.5. The van der Waals surface area contributed by atoms with E-state index in [4.69, 9.17) is 15.3 Å². The molecule has 0 aromatic heterocycles. The van der Waals surface area contributed by atoms with Crippen molar-refractivity contribution in [2.24, 2.45) is 0 Å². The molecule has 0 spiro atoms. The Morgan fingerprint density at radius 2 is 1.82 bits per heavy atom. The molecule has 3 N–H and O–H groups in total. The number of carbonyl (C=O) groups excluding carboxylic acids is 2. The fraction of sp³-hybridized carbons (Fsp3) is 0.667. The standard InChI is InChI=1S/C6H10O5/c1-3(8)5(10)6(11)4(9)2-7/h2-4,6,8-9,11H,1H3/t3-,4-,6-/m0/s1. The molecule has 0 saturated carbocycles. The number of hydrogen-bond acceptors (Lipinski definition) is 5. The first kappa shape index (κ1) is 10.2. The van der Waals surface area contributed by atoms with Gasteiger partial charge in [-0.15, -0.1) is 0 Å². The molecular formula is C6H10O5. The zero-order valence-corrected chi connectivity index (χ0v) is 5.97. The first-order chi connectivity index (χ1) is 5.00. The number of Topliss-reactive ketones (excluding diaryl/α,β-unsaturated/α-hetero) is 1. The third-order valence-corrected chi connectivity index (χ3v) is 1.17. The molecule has 0 aliphatic rings. The Kier molecular flexibility index (Phi) is 3.88. The highest BCUT2D eigenvalue weighted by Crippen LogP contribution is 1.96. The summed E-state index contributed by atoms with van der Waals surface area (Å²) >= 11 is 0. The van der Waals surface area contributed by atoms with Gasteiger partial charge in [-0.2, -0.15) is 0 Å². The van der Waals surface area contributed by atoms with Crippen LogP contribution in [0.2, 0.25) is 0 Å². The Balaban J connectivity index is 4.12. The highest BCUT2D eigenvalue weighted by molar-refractivity contribution is 5.89. The van der Waals surface area contributed by atoms with Crippen LogP contribution in [0.5, 0.6) is 0 Å². The van der Waals surface area contributed by atoms with E-state index in [0.29, 0.717) is 0 Å². The fourth-order valence-corrected chi connectivity index (χ4v) is 0.490. The number of aliphatic hydroxyl groups is 3. The van der Waals surface area contributed by atoms with Crippen LogP contribution in [0.3, 0.4) is 0 Å². The summed E-state index contributed by atoms with van der Waals surface area (Å²) in [5.41, 5.74) is 0. The van der Waals surface area contributed by atoms with Gasteiger partial charge in [0.2, 0.25) is 0 Å². The highest BCUT2D eigenvalue weighted by atomic mass is 16.3. The Hall–Kier alpha value is -0.780. The number of hydrogen-bond donors (Lipinski definition) is 3. The summed E-state index contributed by atoms with van der Waals surface area (Å²) in [5, 5.41) is 26.0. The molecule has 64 valence electrons. The minimum atomic E-state index is -1.83. The van der Waals surface area contributed by atoms with E-state index in [-0.39, 0.29) is 6.29 Å². The Bertz CT molecular complexity index is 153. The molecule has 0 saturated heterocycles. The number of rotatable bonds is 4. The topological polar surface area (TPSA) is 94.8 Å². The molecule has 0 aliphatic heterocycles. The van der Waals surface area contributed by atoms with Gasteiger partial charge in [-0.3, -0.25) is 4.79 Å². The maximum Gasteiger partial charge on any atom is 0.192 e. The van der Waals surface area contributed by atoms with Gasteiger partial charge in [-0.1, -0.05) is 0 Å². The second kappa shape index (κ2) is 4.17. The van der Waals surface area contributed by atoms with Gasteiger partial charge in [-0.05, 0) is 6.92 Å². The van der Waals surface area contributed by atoms with Crippen LogP contribution in [0.25, 0.3) is 0 Å². The van der Waals surface area contributed by atoms with E-state index in [9.17, 15) is 9.59 Å². The van der Waals surface area contributed by atoms with Crippen molar-refractivity contribution in [3.05, 3.63) is 0 Å².